The molecule has 0 spiro atoms. The van der Waals surface area contributed by atoms with E-state index in [1.165, 1.54) is 100 Å². The molecule has 0 amide bonds. The summed E-state index contributed by atoms with van der Waals surface area (Å²) in [5.41, 5.74) is 23.9. The summed E-state index contributed by atoms with van der Waals surface area (Å²) in [6.45, 7) is 13.4. The van der Waals surface area contributed by atoms with Gasteiger partial charge in [-0.15, -0.1) is 0 Å². The minimum atomic E-state index is 1.26. The van der Waals surface area contributed by atoms with E-state index in [0.29, 0.717) is 0 Å². The fraction of sp³-hybridized carbons (Fsp3) is 0.162. The van der Waals surface area contributed by atoms with Crippen LogP contribution in [-0.2, 0) is 0 Å². The first-order chi connectivity index (χ1) is 17.8. The van der Waals surface area contributed by atoms with Gasteiger partial charge < -0.3 is 0 Å². The lowest BCUT2D eigenvalue weighted by molar-refractivity contribution is 1.28. The van der Waals surface area contributed by atoms with Gasteiger partial charge in [-0.1, -0.05) is 83.9 Å². The second kappa shape index (κ2) is 7.80. The molecule has 2 radical (unpaired) electrons. The van der Waals surface area contributed by atoms with E-state index in [1.54, 1.807) is 0 Å². The molecule has 0 heteroatoms. The van der Waals surface area contributed by atoms with E-state index in [2.05, 4.69) is 121 Å². The highest BCUT2D eigenvalue weighted by Gasteiger charge is 2.42. The Kier molecular flexibility index (Phi) is 4.70. The minimum Gasteiger partial charge on any atom is -0.0616 e. The first kappa shape index (κ1) is 22.3. The summed E-state index contributed by atoms with van der Waals surface area (Å²) in [5.74, 6) is 0. The number of hydrogen-bond acceptors (Lipinski definition) is 0. The molecule has 0 heterocycles. The van der Waals surface area contributed by atoms with Crippen molar-refractivity contribution in [2.75, 3.05) is 0 Å². The van der Waals surface area contributed by atoms with Gasteiger partial charge in [0.25, 0.3) is 0 Å². The fourth-order valence-corrected chi connectivity index (χ4v) is 7.19. The third kappa shape index (κ3) is 3.02. The van der Waals surface area contributed by atoms with E-state index in [-0.39, 0.29) is 0 Å². The molecule has 0 N–H and O–H groups in total. The van der Waals surface area contributed by atoms with Crippen molar-refractivity contribution >= 4 is 22.3 Å². The van der Waals surface area contributed by atoms with Gasteiger partial charge in [0.2, 0.25) is 0 Å². The molecular formula is C37H30. The number of fused-ring (bicyclic) bond motifs is 6. The third-order valence-electron chi connectivity index (χ3n) is 8.29. The quantitative estimate of drug-likeness (QED) is 0.272. The molecule has 3 aliphatic rings. The highest BCUT2D eigenvalue weighted by molar-refractivity contribution is 6.26. The van der Waals surface area contributed by atoms with E-state index in [9.17, 15) is 0 Å². The van der Waals surface area contributed by atoms with Crippen LogP contribution in [0.1, 0.15) is 66.8 Å². The van der Waals surface area contributed by atoms with E-state index < -0.39 is 0 Å². The van der Waals surface area contributed by atoms with Gasteiger partial charge >= 0.3 is 0 Å². The minimum absolute atomic E-state index is 1.26. The lowest BCUT2D eigenvalue weighted by Crippen LogP contribution is -1.99. The molecule has 0 saturated carbocycles. The van der Waals surface area contributed by atoms with Crippen LogP contribution in [0.5, 0.6) is 0 Å². The normalized spacial score (nSPS) is 15.4. The van der Waals surface area contributed by atoms with E-state index in [4.69, 9.17) is 0 Å². The Balaban J connectivity index is 1.61. The van der Waals surface area contributed by atoms with Gasteiger partial charge in [-0.2, -0.15) is 0 Å². The zero-order chi connectivity index (χ0) is 25.6. The van der Waals surface area contributed by atoms with Gasteiger partial charge in [-0.05, 0) is 131 Å². The maximum absolute atomic E-state index is 4.03. The average molecular weight is 475 g/mol. The Hall–Kier alpha value is -3.90. The topological polar surface area (TPSA) is 0 Å². The van der Waals surface area contributed by atoms with Crippen LogP contribution in [0.3, 0.4) is 0 Å². The number of benzene rings is 4. The molecule has 4 aromatic carbocycles. The monoisotopic (exact) mass is 474 g/mol. The second-order valence-corrected chi connectivity index (χ2v) is 11.0. The molecule has 3 aliphatic carbocycles. The van der Waals surface area contributed by atoms with Crippen LogP contribution in [0.2, 0.25) is 0 Å². The van der Waals surface area contributed by atoms with Crippen LogP contribution in [0.15, 0.2) is 83.9 Å². The van der Waals surface area contributed by atoms with Crippen molar-refractivity contribution in [2.45, 2.75) is 41.5 Å². The van der Waals surface area contributed by atoms with Crippen LogP contribution in [-0.4, -0.2) is 0 Å². The lowest BCUT2D eigenvalue weighted by atomic mass is 9.86. The Morgan fingerprint density at radius 1 is 0.405 bits per heavy atom. The summed E-state index contributed by atoms with van der Waals surface area (Å²) in [7, 11) is 0. The number of aryl methyl sites for hydroxylation is 6. The van der Waals surface area contributed by atoms with Crippen molar-refractivity contribution in [1.29, 1.82) is 0 Å². The Morgan fingerprint density at radius 3 is 1.03 bits per heavy atom. The van der Waals surface area contributed by atoms with Crippen LogP contribution in [0, 0.1) is 48.0 Å². The molecule has 4 aromatic rings. The predicted octanol–water partition coefficient (Wildman–Crippen LogP) is 9.17. The van der Waals surface area contributed by atoms with Crippen LogP contribution in [0.25, 0.3) is 22.3 Å². The van der Waals surface area contributed by atoms with Crippen molar-refractivity contribution in [2.24, 2.45) is 0 Å². The predicted molar refractivity (Wildman–Crippen MR) is 156 cm³/mol. The van der Waals surface area contributed by atoms with Crippen molar-refractivity contribution in [3.05, 3.63) is 157 Å². The molecule has 0 bridgehead atoms. The first-order valence-corrected chi connectivity index (χ1v) is 13.2. The fourth-order valence-electron chi connectivity index (χ4n) is 7.19. The molecule has 178 valence electrons. The van der Waals surface area contributed by atoms with Crippen molar-refractivity contribution in [3.63, 3.8) is 0 Å². The molecule has 0 fully saturated rings. The second-order valence-electron chi connectivity index (χ2n) is 11.0. The lowest BCUT2D eigenvalue weighted by Gasteiger charge is -2.17. The maximum atomic E-state index is 4.03. The van der Waals surface area contributed by atoms with Crippen LogP contribution >= 0.6 is 0 Å². The molecule has 0 nitrogen and oxygen atoms in total. The number of rotatable bonds is 2. The largest absolute Gasteiger partial charge is 0.0616 e. The van der Waals surface area contributed by atoms with Crippen molar-refractivity contribution in [3.8, 4) is 0 Å². The van der Waals surface area contributed by atoms with E-state index in [1.807, 2.05) is 0 Å². The Morgan fingerprint density at radius 2 is 0.703 bits per heavy atom. The highest BCUT2D eigenvalue weighted by Crippen LogP contribution is 2.61. The summed E-state index contributed by atoms with van der Waals surface area (Å²) in [5, 5.41) is 0. The molecule has 7 rings (SSSR count). The number of allylic oxidation sites excluding steroid dienone is 4. The average Bonchev–Trinajstić information content (AvgIpc) is 3.46. The van der Waals surface area contributed by atoms with Crippen LogP contribution < -0.4 is 0 Å². The molecule has 37 heavy (non-hydrogen) atoms. The van der Waals surface area contributed by atoms with Crippen LogP contribution in [0.4, 0.5) is 0 Å². The van der Waals surface area contributed by atoms with Gasteiger partial charge in [-0.25, -0.2) is 0 Å². The number of hydrogen-bond donors (Lipinski definition) is 0. The van der Waals surface area contributed by atoms with Gasteiger partial charge in [0.05, 0.1) is 6.42 Å². The summed E-state index contributed by atoms with van der Waals surface area (Å²) in [6.07, 6.45) is 4.03. The Bertz CT molecular complexity index is 1600. The molecule has 0 saturated heterocycles. The van der Waals surface area contributed by atoms with Gasteiger partial charge in [0, 0.05) is 0 Å². The van der Waals surface area contributed by atoms with Crippen molar-refractivity contribution in [1.82, 2.24) is 0 Å². The highest BCUT2D eigenvalue weighted by atomic mass is 14.4. The third-order valence-corrected chi connectivity index (χ3v) is 8.29. The molecule has 0 atom stereocenters. The van der Waals surface area contributed by atoms with E-state index >= 15 is 0 Å². The van der Waals surface area contributed by atoms with Gasteiger partial charge in [0.1, 0.15) is 0 Å². The summed E-state index contributed by atoms with van der Waals surface area (Å²) >= 11 is 0. The summed E-state index contributed by atoms with van der Waals surface area (Å²) in [6, 6.07) is 27.2. The Labute approximate surface area is 220 Å². The standard InChI is InChI=1S/C37H30/c1-20-15-22(3)32(23(4)16-20)34-26-11-7-9-13-28(26)36-30(34)19-31-35(27-12-8-10-14-29(27)37(31)36)33-24(5)17-21(2)18-25(33)6/h7-18H,1-6H3. The van der Waals surface area contributed by atoms with E-state index in [0.717, 1.165) is 0 Å². The molecule has 0 aromatic heterocycles. The summed E-state index contributed by atoms with van der Waals surface area (Å²) < 4.78 is 0. The zero-order valence-electron chi connectivity index (χ0n) is 22.4. The first-order valence-electron chi connectivity index (χ1n) is 13.2. The zero-order valence-corrected chi connectivity index (χ0v) is 22.4. The molecule has 0 unspecified atom stereocenters. The smallest absolute Gasteiger partial charge is 0.0529 e. The van der Waals surface area contributed by atoms with Crippen molar-refractivity contribution < 1.29 is 0 Å². The van der Waals surface area contributed by atoms with Gasteiger partial charge in [-0.3, -0.25) is 0 Å². The summed E-state index contributed by atoms with van der Waals surface area (Å²) in [4.78, 5) is 0. The maximum Gasteiger partial charge on any atom is 0.0529 e. The SMILES string of the molecule is Cc1cc(C)c(C2=C3[C]C4=C(c5c(C)cc(C)cc5C)c5ccccc5C4=C3c3ccccc32)c(C)c1. The molecular weight excluding hydrogens is 444 g/mol. The molecule has 0 aliphatic heterocycles. The van der Waals surface area contributed by atoms with Gasteiger partial charge in [0.15, 0.2) is 0 Å².